The van der Waals surface area contributed by atoms with Gasteiger partial charge in [0.15, 0.2) is 0 Å². The third-order valence-electron chi connectivity index (χ3n) is 3.75. The summed E-state index contributed by atoms with van der Waals surface area (Å²) in [4.78, 5) is 12.4. The second kappa shape index (κ2) is 9.73. The maximum absolute atomic E-state index is 12.4. The number of rotatable bonds is 8. The van der Waals surface area contributed by atoms with Crippen LogP contribution in [0.5, 0.6) is 17.2 Å². The molecule has 0 spiro atoms. The molecule has 2 aromatic carbocycles. The molecule has 0 aliphatic heterocycles. The predicted molar refractivity (Wildman–Crippen MR) is 102 cm³/mol. The molecule has 7 nitrogen and oxygen atoms in total. The number of ether oxygens (including phenoxy) is 3. The number of hydrogen-bond acceptors (Lipinski definition) is 6. The van der Waals surface area contributed by atoms with Gasteiger partial charge in [-0.25, -0.2) is 0 Å². The summed E-state index contributed by atoms with van der Waals surface area (Å²) in [7, 11) is 4.60. The molecular formula is C20H21N3O4. The molecule has 0 bridgehead atoms. The molecule has 7 heteroatoms. The smallest absolute Gasteiger partial charge is 0.267 e. The first-order valence-electron chi connectivity index (χ1n) is 8.11. The zero-order valence-corrected chi connectivity index (χ0v) is 15.4. The van der Waals surface area contributed by atoms with Gasteiger partial charge >= 0.3 is 0 Å². The second-order valence-corrected chi connectivity index (χ2v) is 5.38. The number of nitriles is 1. The number of hydrogen-bond donors (Lipinski definition) is 2. The Bertz CT molecular complexity index is 872. The van der Waals surface area contributed by atoms with Gasteiger partial charge in [0.1, 0.15) is 28.9 Å². The quantitative estimate of drug-likeness (QED) is 0.551. The van der Waals surface area contributed by atoms with Gasteiger partial charge in [0.25, 0.3) is 5.91 Å². The van der Waals surface area contributed by atoms with Crippen molar-refractivity contribution in [1.29, 1.82) is 5.26 Å². The van der Waals surface area contributed by atoms with Gasteiger partial charge in [-0.3, -0.25) is 4.79 Å². The van der Waals surface area contributed by atoms with Crippen molar-refractivity contribution in [3.05, 3.63) is 59.8 Å². The van der Waals surface area contributed by atoms with Crippen LogP contribution in [0, 0.1) is 11.3 Å². The van der Waals surface area contributed by atoms with E-state index in [0.717, 1.165) is 11.3 Å². The van der Waals surface area contributed by atoms with Crippen LogP contribution in [-0.2, 0) is 11.3 Å². The Hall–Kier alpha value is -3.66. The van der Waals surface area contributed by atoms with E-state index in [-0.39, 0.29) is 5.57 Å². The molecule has 1 amide bonds. The first kappa shape index (κ1) is 19.7. The molecule has 0 saturated carbocycles. The van der Waals surface area contributed by atoms with E-state index in [9.17, 15) is 10.1 Å². The van der Waals surface area contributed by atoms with Gasteiger partial charge < -0.3 is 24.8 Å². The van der Waals surface area contributed by atoms with Crippen molar-refractivity contribution < 1.29 is 19.0 Å². The second-order valence-electron chi connectivity index (χ2n) is 5.38. The largest absolute Gasteiger partial charge is 0.497 e. The van der Waals surface area contributed by atoms with E-state index >= 15 is 0 Å². The van der Waals surface area contributed by atoms with E-state index < -0.39 is 5.91 Å². The Kier molecular flexibility index (Phi) is 7.08. The number of carbonyl (C=O) groups excluding carboxylic acids is 1. The summed E-state index contributed by atoms with van der Waals surface area (Å²) in [5.74, 6) is 1.19. The van der Waals surface area contributed by atoms with Crippen LogP contribution in [0.15, 0.2) is 54.2 Å². The SMILES string of the molecule is COc1ccc(OC)c(NC(=O)/C(C#N)=C\NCc2ccccc2OC)c1. The molecule has 2 aromatic rings. The number of amides is 1. The summed E-state index contributed by atoms with van der Waals surface area (Å²) in [6, 6.07) is 14.4. The van der Waals surface area contributed by atoms with Crippen LogP contribution < -0.4 is 24.8 Å². The molecule has 0 unspecified atom stereocenters. The third kappa shape index (κ3) is 5.16. The van der Waals surface area contributed by atoms with E-state index in [1.54, 1.807) is 25.3 Å². The zero-order chi connectivity index (χ0) is 19.6. The first-order valence-corrected chi connectivity index (χ1v) is 8.11. The molecule has 0 aliphatic carbocycles. The van der Waals surface area contributed by atoms with Crippen LogP contribution in [0.25, 0.3) is 0 Å². The van der Waals surface area contributed by atoms with Crippen molar-refractivity contribution in [2.24, 2.45) is 0 Å². The van der Waals surface area contributed by atoms with Crippen LogP contribution in [0.4, 0.5) is 5.69 Å². The minimum atomic E-state index is -0.559. The number of benzene rings is 2. The lowest BCUT2D eigenvalue weighted by Gasteiger charge is -2.11. The molecule has 27 heavy (non-hydrogen) atoms. The average molecular weight is 367 g/mol. The molecule has 0 aromatic heterocycles. The van der Waals surface area contributed by atoms with E-state index in [1.807, 2.05) is 30.3 Å². The lowest BCUT2D eigenvalue weighted by atomic mass is 10.2. The number of anilines is 1. The van der Waals surface area contributed by atoms with E-state index in [2.05, 4.69) is 10.6 Å². The molecule has 0 radical (unpaired) electrons. The monoisotopic (exact) mass is 367 g/mol. The highest BCUT2D eigenvalue weighted by atomic mass is 16.5. The van der Waals surface area contributed by atoms with Gasteiger partial charge in [-0.1, -0.05) is 18.2 Å². The standard InChI is InChI=1S/C20H21N3O4/c1-25-16-8-9-19(27-3)17(10-16)23-20(24)15(11-21)13-22-12-14-6-4-5-7-18(14)26-2/h4-10,13,22H,12H2,1-3H3,(H,23,24)/b15-13-. The molecule has 0 fully saturated rings. The maximum Gasteiger partial charge on any atom is 0.267 e. The Morgan fingerprint density at radius 3 is 2.48 bits per heavy atom. The number of methoxy groups -OCH3 is 3. The van der Waals surface area contributed by atoms with Gasteiger partial charge in [0, 0.05) is 24.4 Å². The van der Waals surface area contributed by atoms with E-state index in [4.69, 9.17) is 14.2 Å². The van der Waals surface area contributed by atoms with Crippen LogP contribution in [0.1, 0.15) is 5.56 Å². The fourth-order valence-corrected chi connectivity index (χ4v) is 2.36. The Morgan fingerprint density at radius 2 is 1.81 bits per heavy atom. The van der Waals surface area contributed by atoms with Crippen LogP contribution in [-0.4, -0.2) is 27.2 Å². The highest BCUT2D eigenvalue weighted by Crippen LogP contribution is 2.29. The van der Waals surface area contributed by atoms with Crippen molar-refractivity contribution in [2.75, 3.05) is 26.6 Å². The summed E-state index contributed by atoms with van der Waals surface area (Å²) >= 11 is 0. The zero-order valence-electron chi connectivity index (χ0n) is 15.4. The molecular weight excluding hydrogens is 346 g/mol. The molecule has 2 N–H and O–H groups in total. The minimum absolute atomic E-state index is 0.0743. The normalized spacial score (nSPS) is 10.5. The number of carbonyl (C=O) groups is 1. The third-order valence-corrected chi connectivity index (χ3v) is 3.75. The van der Waals surface area contributed by atoms with Crippen LogP contribution >= 0.6 is 0 Å². The van der Waals surface area contributed by atoms with Gasteiger partial charge in [0.2, 0.25) is 0 Å². The van der Waals surface area contributed by atoms with Crippen molar-refractivity contribution in [1.82, 2.24) is 5.32 Å². The van der Waals surface area contributed by atoms with Crippen molar-refractivity contribution in [3.8, 4) is 23.3 Å². The molecule has 0 saturated heterocycles. The van der Waals surface area contributed by atoms with Crippen LogP contribution in [0.3, 0.4) is 0 Å². The Morgan fingerprint density at radius 1 is 1.07 bits per heavy atom. The van der Waals surface area contributed by atoms with Gasteiger partial charge in [-0.2, -0.15) is 5.26 Å². The molecule has 0 aliphatic rings. The molecule has 2 rings (SSSR count). The van der Waals surface area contributed by atoms with Gasteiger partial charge in [-0.15, -0.1) is 0 Å². The Labute approximate surface area is 158 Å². The van der Waals surface area contributed by atoms with Gasteiger partial charge in [-0.05, 0) is 18.2 Å². The number of nitrogens with one attached hydrogen (secondary N) is 2. The minimum Gasteiger partial charge on any atom is -0.497 e. The highest BCUT2D eigenvalue weighted by Gasteiger charge is 2.13. The lowest BCUT2D eigenvalue weighted by Crippen LogP contribution is -2.17. The summed E-state index contributed by atoms with van der Waals surface area (Å²) < 4.78 is 15.6. The molecule has 0 heterocycles. The van der Waals surface area contributed by atoms with Crippen molar-refractivity contribution in [2.45, 2.75) is 6.54 Å². The van der Waals surface area contributed by atoms with E-state index in [1.165, 1.54) is 20.4 Å². The van der Waals surface area contributed by atoms with Crippen molar-refractivity contribution in [3.63, 3.8) is 0 Å². The Balaban J connectivity index is 2.09. The summed E-state index contributed by atoms with van der Waals surface area (Å²) in [6.45, 7) is 0.408. The average Bonchev–Trinajstić information content (AvgIpc) is 2.71. The number of para-hydroxylation sites is 1. The summed E-state index contributed by atoms with van der Waals surface area (Å²) in [6.07, 6.45) is 1.37. The van der Waals surface area contributed by atoms with Crippen LogP contribution in [0.2, 0.25) is 0 Å². The van der Waals surface area contributed by atoms with Crippen molar-refractivity contribution >= 4 is 11.6 Å². The fourth-order valence-electron chi connectivity index (χ4n) is 2.36. The topological polar surface area (TPSA) is 92.6 Å². The first-order chi connectivity index (χ1) is 13.1. The number of nitrogens with zero attached hydrogens (tertiary/aromatic N) is 1. The molecule has 140 valence electrons. The fraction of sp³-hybridized carbons (Fsp3) is 0.200. The predicted octanol–water partition coefficient (Wildman–Crippen LogP) is 2.85. The lowest BCUT2D eigenvalue weighted by molar-refractivity contribution is -0.112. The molecule has 0 atom stereocenters. The van der Waals surface area contributed by atoms with E-state index in [0.29, 0.717) is 23.7 Å². The highest BCUT2D eigenvalue weighted by molar-refractivity contribution is 6.07. The summed E-state index contributed by atoms with van der Waals surface area (Å²) in [5, 5.41) is 14.9. The summed E-state index contributed by atoms with van der Waals surface area (Å²) in [5.41, 5.74) is 1.24. The maximum atomic E-state index is 12.4. The van der Waals surface area contributed by atoms with Gasteiger partial charge in [0.05, 0.1) is 27.0 Å².